The molecule has 0 amide bonds. The molecule has 0 bridgehead atoms. The van der Waals surface area contributed by atoms with E-state index in [-0.39, 0.29) is 0 Å². The van der Waals surface area contributed by atoms with E-state index in [1.807, 2.05) is 0 Å². The quantitative estimate of drug-likeness (QED) is 0.0582. The van der Waals surface area contributed by atoms with E-state index < -0.39 is 0 Å². The first-order valence-corrected chi connectivity index (χ1v) is 21.6. The summed E-state index contributed by atoms with van der Waals surface area (Å²) in [5.74, 6) is 0.932. The Kier molecular flexibility index (Phi) is 13.8. The molecule has 0 aliphatic heterocycles. The van der Waals surface area contributed by atoms with Gasteiger partial charge in [-0.15, -0.1) is 0 Å². The van der Waals surface area contributed by atoms with Gasteiger partial charge >= 0.3 is 0 Å². The van der Waals surface area contributed by atoms with Crippen molar-refractivity contribution in [2.24, 2.45) is 0 Å². The Hall–Kier alpha value is -4.02. The van der Waals surface area contributed by atoms with Gasteiger partial charge in [-0.1, -0.05) is 128 Å². The molecule has 7 rings (SSSR count). The maximum atomic E-state index is 6.52. The molecule has 54 heavy (non-hydrogen) atoms. The highest BCUT2D eigenvalue weighted by Gasteiger charge is 2.15. The van der Waals surface area contributed by atoms with Crippen LogP contribution in [0.25, 0.3) is 65.4 Å². The minimum atomic E-state index is 0.772. The summed E-state index contributed by atoms with van der Waals surface area (Å²) in [4.78, 5) is 0. The molecule has 0 N–H and O–H groups in total. The average molecular weight is 727 g/mol. The summed E-state index contributed by atoms with van der Waals surface area (Å²) < 4.78 is 25.0. The molecule has 0 spiro atoms. The smallest absolute Gasteiger partial charge is 0.136 e. The van der Waals surface area contributed by atoms with E-state index in [1.165, 1.54) is 131 Å². The average Bonchev–Trinajstić information content (AvgIpc) is 3.71. The van der Waals surface area contributed by atoms with Crippen LogP contribution in [0.4, 0.5) is 0 Å². The van der Waals surface area contributed by atoms with Gasteiger partial charge in [-0.2, -0.15) is 0 Å². The highest BCUT2D eigenvalue weighted by atomic mass is 16.5. The van der Waals surface area contributed by atoms with Gasteiger partial charge in [0.1, 0.15) is 28.1 Å². The van der Waals surface area contributed by atoms with E-state index in [0.29, 0.717) is 0 Å². The van der Waals surface area contributed by atoms with Gasteiger partial charge in [0.25, 0.3) is 0 Å². The number of hydrogen-bond acceptors (Lipinski definition) is 4. The molecule has 0 radical (unpaired) electrons. The van der Waals surface area contributed by atoms with Gasteiger partial charge in [0.15, 0.2) is 0 Å². The van der Waals surface area contributed by atoms with Crippen LogP contribution in [0.3, 0.4) is 0 Å². The van der Waals surface area contributed by atoms with E-state index >= 15 is 0 Å². The molecular weight excluding hydrogens is 665 g/mol. The normalized spacial score (nSPS) is 12.1. The topological polar surface area (TPSA) is 44.7 Å². The van der Waals surface area contributed by atoms with E-state index in [0.717, 1.165) is 87.7 Å². The van der Waals surface area contributed by atoms with Crippen molar-refractivity contribution in [3.8, 4) is 5.75 Å². The third-order valence-corrected chi connectivity index (χ3v) is 11.4. The molecule has 0 atom stereocenters. The second-order valence-corrected chi connectivity index (χ2v) is 15.8. The summed E-state index contributed by atoms with van der Waals surface area (Å²) in [6, 6.07) is 26.6. The largest absolute Gasteiger partial charge is 0.494 e. The van der Waals surface area contributed by atoms with Gasteiger partial charge in [0, 0.05) is 34.8 Å². The fourth-order valence-electron chi connectivity index (χ4n) is 8.20. The molecule has 286 valence electrons. The van der Waals surface area contributed by atoms with Crippen LogP contribution in [0.2, 0.25) is 0 Å². The second-order valence-electron chi connectivity index (χ2n) is 15.8. The van der Waals surface area contributed by atoms with Gasteiger partial charge in [0.05, 0.1) is 6.61 Å². The van der Waals surface area contributed by atoms with Crippen molar-refractivity contribution in [2.75, 3.05) is 19.8 Å². The number of hydrogen-bond donors (Lipinski definition) is 0. The summed E-state index contributed by atoms with van der Waals surface area (Å²) in [7, 11) is 0. The van der Waals surface area contributed by atoms with Crippen molar-refractivity contribution >= 4 is 65.4 Å². The summed E-state index contributed by atoms with van der Waals surface area (Å²) in [6.45, 7) is 7.14. The Morgan fingerprint density at radius 1 is 0.389 bits per heavy atom. The van der Waals surface area contributed by atoms with Crippen molar-refractivity contribution in [3.05, 3.63) is 78.4 Å². The first-order valence-electron chi connectivity index (χ1n) is 21.6. The number of rotatable bonds is 24. The molecule has 0 saturated heterocycles. The number of ether oxygens (including phenoxy) is 2. The van der Waals surface area contributed by atoms with Gasteiger partial charge in [-0.05, 0) is 108 Å². The van der Waals surface area contributed by atoms with E-state index in [9.17, 15) is 0 Å². The first kappa shape index (κ1) is 38.3. The fourth-order valence-corrected chi connectivity index (χ4v) is 8.20. The minimum Gasteiger partial charge on any atom is -0.494 e. The van der Waals surface area contributed by atoms with Crippen molar-refractivity contribution in [2.45, 2.75) is 136 Å². The lowest BCUT2D eigenvalue weighted by Crippen LogP contribution is -1.97. The lowest BCUT2D eigenvalue weighted by molar-refractivity contribution is 0.126. The van der Waals surface area contributed by atoms with Crippen LogP contribution in [0.15, 0.2) is 81.6 Å². The van der Waals surface area contributed by atoms with Crippen LogP contribution in [0.1, 0.15) is 135 Å². The van der Waals surface area contributed by atoms with Crippen molar-refractivity contribution in [1.29, 1.82) is 0 Å². The van der Waals surface area contributed by atoms with Gasteiger partial charge in [-0.3, -0.25) is 0 Å². The van der Waals surface area contributed by atoms with Gasteiger partial charge < -0.3 is 18.3 Å². The Morgan fingerprint density at radius 2 is 0.852 bits per heavy atom. The third kappa shape index (κ3) is 9.79. The summed E-state index contributed by atoms with van der Waals surface area (Å²) in [6.07, 6.45) is 24.4. The molecule has 2 heterocycles. The first-order chi connectivity index (χ1) is 26.7. The van der Waals surface area contributed by atoms with Gasteiger partial charge in [0.2, 0.25) is 0 Å². The zero-order valence-corrected chi connectivity index (χ0v) is 33.1. The summed E-state index contributed by atoms with van der Waals surface area (Å²) >= 11 is 0. The number of furan rings is 2. The molecule has 0 aliphatic carbocycles. The Labute approximate surface area is 322 Å². The van der Waals surface area contributed by atoms with Crippen LogP contribution >= 0.6 is 0 Å². The number of fused-ring (bicyclic) bond motifs is 8. The van der Waals surface area contributed by atoms with Crippen molar-refractivity contribution in [1.82, 2.24) is 0 Å². The van der Waals surface area contributed by atoms with E-state index in [1.54, 1.807) is 0 Å². The molecule has 5 aromatic carbocycles. The van der Waals surface area contributed by atoms with Crippen LogP contribution < -0.4 is 4.74 Å². The minimum absolute atomic E-state index is 0.772. The molecule has 0 unspecified atom stereocenters. The maximum Gasteiger partial charge on any atom is 0.136 e. The lowest BCUT2D eigenvalue weighted by Gasteiger charge is -2.08. The van der Waals surface area contributed by atoms with Crippen LogP contribution in [0.5, 0.6) is 5.75 Å². The maximum absolute atomic E-state index is 6.52. The summed E-state index contributed by atoms with van der Waals surface area (Å²) in [5.41, 5.74) is 5.01. The van der Waals surface area contributed by atoms with Crippen LogP contribution in [-0.4, -0.2) is 19.8 Å². The number of unbranched alkanes of at least 4 members (excludes halogenated alkanes) is 15. The summed E-state index contributed by atoms with van der Waals surface area (Å²) in [5, 5.41) is 9.24. The highest BCUT2D eigenvalue weighted by Crippen LogP contribution is 2.39. The Balaban J connectivity index is 0.954. The Bertz CT molecular complexity index is 2080. The molecule has 0 fully saturated rings. The van der Waals surface area contributed by atoms with Crippen LogP contribution in [0, 0.1) is 0 Å². The molecular formula is C50H62O4. The standard InChI is InChI=1S/C50H62O4/c1-3-5-7-9-10-11-12-13-15-20-28-52-42-25-24-39-32-44-46-36-49-45(35-50(46)54-48(44)34-41(39)30-42)43-31-38-23-22-37(29-40(38)33-47(43)53-49)21-17-14-16-19-27-51-26-18-8-6-4-2/h22-25,29-36H,3-21,26-28H2,1-2H3. The Morgan fingerprint density at radius 3 is 1.46 bits per heavy atom. The molecule has 4 heteroatoms. The third-order valence-electron chi connectivity index (χ3n) is 11.4. The SMILES string of the molecule is CCCCCCCCCCCCOc1ccc2cc3c(cc2c1)oc1cc2c(cc13)oc1cc3cc(CCCCCCOCCCCCC)ccc3cc12. The molecule has 4 nitrogen and oxygen atoms in total. The van der Waals surface area contributed by atoms with Gasteiger partial charge in [-0.25, -0.2) is 0 Å². The van der Waals surface area contributed by atoms with Crippen molar-refractivity contribution in [3.63, 3.8) is 0 Å². The van der Waals surface area contributed by atoms with E-state index in [2.05, 4.69) is 86.6 Å². The lowest BCUT2D eigenvalue weighted by atomic mass is 10.00. The zero-order valence-electron chi connectivity index (χ0n) is 33.1. The molecule has 7 aromatic rings. The fraction of sp³-hybridized carbons (Fsp3) is 0.480. The second kappa shape index (κ2) is 19.5. The van der Waals surface area contributed by atoms with E-state index in [4.69, 9.17) is 18.3 Å². The van der Waals surface area contributed by atoms with Crippen molar-refractivity contribution < 1.29 is 18.3 Å². The molecule has 0 aliphatic rings. The molecule has 2 aromatic heterocycles. The predicted octanol–water partition coefficient (Wildman–Crippen LogP) is 15.8. The monoisotopic (exact) mass is 726 g/mol. The number of aryl methyl sites for hydroxylation is 1. The predicted molar refractivity (Wildman–Crippen MR) is 230 cm³/mol. The zero-order chi connectivity index (χ0) is 37.0. The van der Waals surface area contributed by atoms with Crippen LogP contribution in [-0.2, 0) is 11.2 Å². The number of benzene rings is 5. The highest BCUT2D eigenvalue weighted by molar-refractivity contribution is 6.18. The molecule has 0 saturated carbocycles.